The highest BCUT2D eigenvalue weighted by atomic mass is 35.5. The lowest BCUT2D eigenvalue weighted by atomic mass is 10.1. The molecule has 144 valence electrons. The lowest BCUT2D eigenvalue weighted by Gasteiger charge is -2.06. The predicted molar refractivity (Wildman–Crippen MR) is 103 cm³/mol. The fourth-order valence-electron chi connectivity index (χ4n) is 3.14. The third-order valence-corrected chi connectivity index (χ3v) is 4.81. The van der Waals surface area contributed by atoms with E-state index in [-0.39, 0.29) is 34.2 Å². The molecular weight excluding hydrogens is 397 g/mol. The molecule has 0 aliphatic rings. The molecule has 0 unspecified atom stereocenters. The normalized spacial score (nSPS) is 10.8. The molecule has 0 radical (unpaired) electrons. The monoisotopic (exact) mass is 409 g/mol. The minimum absolute atomic E-state index is 0.0146. The molecular formula is C21H13ClFN3O3. The van der Waals surface area contributed by atoms with E-state index in [1.807, 2.05) is 12.1 Å². The first-order valence-electron chi connectivity index (χ1n) is 8.57. The average Bonchev–Trinajstić information content (AvgIpc) is 3.26. The summed E-state index contributed by atoms with van der Waals surface area (Å²) in [7, 11) is 0. The van der Waals surface area contributed by atoms with Crippen molar-refractivity contribution in [3.63, 3.8) is 0 Å². The van der Waals surface area contributed by atoms with Crippen molar-refractivity contribution in [1.29, 1.82) is 5.26 Å². The van der Waals surface area contributed by atoms with Gasteiger partial charge in [0.15, 0.2) is 0 Å². The largest absolute Gasteiger partial charge is 0.457 e. The molecule has 0 bridgehead atoms. The molecule has 8 heteroatoms. The van der Waals surface area contributed by atoms with Gasteiger partial charge in [0, 0.05) is 18.0 Å². The Morgan fingerprint density at radius 1 is 1.34 bits per heavy atom. The van der Waals surface area contributed by atoms with Gasteiger partial charge in [0.25, 0.3) is 0 Å². The van der Waals surface area contributed by atoms with Gasteiger partial charge in [0.05, 0.1) is 21.7 Å². The minimum Gasteiger partial charge on any atom is -0.457 e. The number of rotatable bonds is 4. The smallest absolute Gasteiger partial charge is 0.344 e. The van der Waals surface area contributed by atoms with Gasteiger partial charge >= 0.3 is 5.97 Å². The van der Waals surface area contributed by atoms with Gasteiger partial charge in [-0.15, -0.1) is 0 Å². The molecule has 4 rings (SSSR count). The Hall–Kier alpha value is -3.63. The Labute approximate surface area is 169 Å². The summed E-state index contributed by atoms with van der Waals surface area (Å²) in [5, 5.41) is 13.4. The molecule has 0 saturated carbocycles. The van der Waals surface area contributed by atoms with Crippen LogP contribution in [0.4, 0.5) is 4.39 Å². The molecule has 3 aromatic heterocycles. The summed E-state index contributed by atoms with van der Waals surface area (Å²) >= 11 is 6.10. The van der Waals surface area contributed by atoms with Crippen molar-refractivity contribution in [2.45, 2.75) is 13.5 Å². The first-order chi connectivity index (χ1) is 14.0. The fourth-order valence-corrected chi connectivity index (χ4v) is 3.39. The zero-order chi connectivity index (χ0) is 20.5. The zero-order valence-electron chi connectivity index (χ0n) is 15.1. The average molecular weight is 410 g/mol. The topological polar surface area (TPSA) is 80.5 Å². The van der Waals surface area contributed by atoms with Gasteiger partial charge < -0.3 is 13.7 Å². The van der Waals surface area contributed by atoms with E-state index in [1.165, 1.54) is 25.1 Å². The van der Waals surface area contributed by atoms with Crippen LogP contribution in [-0.4, -0.2) is 15.5 Å². The standard InChI is InChI=1S/C21H13ClFN3O3/c1-12-18(20(25-29-12)19-15(22)5-4-6-16(19)23)21(27)28-11-13-10-26-8-3-2-7-17(26)14(13)9-24/h2-8,10H,11H2,1H3. The maximum atomic E-state index is 14.3. The molecule has 1 aromatic carbocycles. The van der Waals surface area contributed by atoms with Crippen molar-refractivity contribution >= 4 is 23.1 Å². The summed E-state index contributed by atoms with van der Waals surface area (Å²) in [4.78, 5) is 12.8. The van der Waals surface area contributed by atoms with Crippen LogP contribution in [0.3, 0.4) is 0 Å². The van der Waals surface area contributed by atoms with Crippen LogP contribution in [0.5, 0.6) is 0 Å². The number of nitriles is 1. The number of carbonyl (C=O) groups is 1. The number of pyridine rings is 1. The number of hydrogen-bond donors (Lipinski definition) is 0. The second-order valence-corrected chi connectivity index (χ2v) is 6.68. The van der Waals surface area contributed by atoms with Crippen molar-refractivity contribution in [3.8, 4) is 17.3 Å². The maximum Gasteiger partial charge on any atom is 0.344 e. The van der Waals surface area contributed by atoms with Crippen LogP contribution in [-0.2, 0) is 11.3 Å². The number of halogens is 2. The van der Waals surface area contributed by atoms with E-state index in [2.05, 4.69) is 11.2 Å². The molecule has 0 fully saturated rings. The van der Waals surface area contributed by atoms with E-state index in [0.717, 1.165) is 0 Å². The summed E-state index contributed by atoms with van der Waals surface area (Å²) < 4.78 is 26.6. The van der Waals surface area contributed by atoms with Gasteiger partial charge in [-0.1, -0.05) is 28.9 Å². The third-order valence-electron chi connectivity index (χ3n) is 4.50. The molecule has 0 N–H and O–H groups in total. The van der Waals surface area contributed by atoms with Crippen LogP contribution in [0, 0.1) is 24.1 Å². The van der Waals surface area contributed by atoms with Gasteiger partial charge in [-0.05, 0) is 31.2 Å². The lowest BCUT2D eigenvalue weighted by molar-refractivity contribution is 0.0471. The van der Waals surface area contributed by atoms with E-state index < -0.39 is 11.8 Å². The van der Waals surface area contributed by atoms with Gasteiger partial charge in [0.1, 0.15) is 35.5 Å². The van der Waals surface area contributed by atoms with E-state index >= 15 is 0 Å². The van der Waals surface area contributed by atoms with E-state index in [9.17, 15) is 14.4 Å². The predicted octanol–water partition coefficient (Wildman–Crippen LogP) is 4.92. The van der Waals surface area contributed by atoms with Crippen LogP contribution in [0.25, 0.3) is 16.8 Å². The van der Waals surface area contributed by atoms with Crippen molar-refractivity contribution in [3.05, 3.63) is 82.1 Å². The molecule has 0 saturated heterocycles. The van der Waals surface area contributed by atoms with Crippen molar-refractivity contribution < 1.29 is 18.4 Å². The Morgan fingerprint density at radius 3 is 2.93 bits per heavy atom. The third kappa shape index (κ3) is 3.24. The molecule has 3 heterocycles. The SMILES string of the molecule is Cc1onc(-c2c(F)cccc2Cl)c1C(=O)OCc1cn2ccccc2c1C#N. The quantitative estimate of drug-likeness (QED) is 0.447. The lowest BCUT2D eigenvalue weighted by Crippen LogP contribution is -2.08. The summed E-state index contributed by atoms with van der Waals surface area (Å²) in [6.07, 6.45) is 3.51. The number of hydrogen-bond acceptors (Lipinski definition) is 5. The van der Waals surface area contributed by atoms with Gasteiger partial charge in [-0.3, -0.25) is 0 Å². The van der Waals surface area contributed by atoms with Crippen molar-refractivity contribution in [1.82, 2.24) is 9.56 Å². The molecule has 0 amide bonds. The highest BCUT2D eigenvalue weighted by molar-refractivity contribution is 6.33. The van der Waals surface area contributed by atoms with Crippen LogP contribution in [0.2, 0.25) is 5.02 Å². The number of aryl methyl sites for hydroxylation is 1. The van der Waals surface area contributed by atoms with Crippen molar-refractivity contribution in [2.75, 3.05) is 0 Å². The molecule has 29 heavy (non-hydrogen) atoms. The Morgan fingerprint density at radius 2 is 2.17 bits per heavy atom. The van der Waals surface area contributed by atoms with Crippen LogP contribution in [0.15, 0.2) is 53.3 Å². The number of carbonyl (C=O) groups excluding carboxylic acids is 1. The number of benzene rings is 1. The molecule has 6 nitrogen and oxygen atoms in total. The number of ether oxygens (including phenoxy) is 1. The number of nitrogens with zero attached hydrogens (tertiary/aromatic N) is 3. The molecule has 0 aliphatic carbocycles. The summed E-state index contributed by atoms with van der Waals surface area (Å²) in [5.74, 6) is -1.21. The zero-order valence-corrected chi connectivity index (χ0v) is 15.9. The number of fused-ring (bicyclic) bond motifs is 1. The maximum absolute atomic E-state index is 14.3. The fraction of sp³-hybridized carbons (Fsp3) is 0.0952. The summed E-state index contributed by atoms with van der Waals surface area (Å²) in [5.41, 5.74) is 1.59. The second-order valence-electron chi connectivity index (χ2n) is 6.27. The van der Waals surface area contributed by atoms with Crippen LogP contribution in [0.1, 0.15) is 27.2 Å². The summed E-state index contributed by atoms with van der Waals surface area (Å²) in [6, 6.07) is 11.7. The Balaban J connectivity index is 1.66. The number of aromatic nitrogens is 2. The van der Waals surface area contributed by atoms with Crippen LogP contribution >= 0.6 is 11.6 Å². The number of esters is 1. The van der Waals surface area contributed by atoms with E-state index in [0.29, 0.717) is 16.6 Å². The van der Waals surface area contributed by atoms with E-state index in [4.69, 9.17) is 20.9 Å². The molecule has 0 atom stereocenters. The molecule has 4 aromatic rings. The first kappa shape index (κ1) is 18.7. The second kappa shape index (κ2) is 7.41. The highest BCUT2D eigenvalue weighted by Gasteiger charge is 2.27. The summed E-state index contributed by atoms with van der Waals surface area (Å²) in [6.45, 7) is 1.38. The van der Waals surface area contributed by atoms with Crippen LogP contribution < -0.4 is 0 Å². The highest BCUT2D eigenvalue weighted by Crippen LogP contribution is 2.34. The van der Waals surface area contributed by atoms with Gasteiger partial charge in [-0.25, -0.2) is 9.18 Å². The molecule has 0 spiro atoms. The van der Waals surface area contributed by atoms with Crippen molar-refractivity contribution in [2.24, 2.45) is 0 Å². The first-order valence-corrected chi connectivity index (χ1v) is 8.95. The Bertz CT molecular complexity index is 1270. The van der Waals surface area contributed by atoms with Gasteiger partial charge in [-0.2, -0.15) is 5.26 Å². The molecule has 0 aliphatic heterocycles. The Kier molecular flexibility index (Phi) is 4.79. The minimum atomic E-state index is -0.753. The van der Waals surface area contributed by atoms with Gasteiger partial charge in [0.2, 0.25) is 0 Å². The van der Waals surface area contributed by atoms with E-state index in [1.54, 1.807) is 22.9 Å².